The minimum absolute atomic E-state index is 0.136. The molecule has 0 fully saturated rings. The number of hydrogen-bond donors (Lipinski definition) is 0. The Labute approximate surface area is 80.3 Å². The Hall–Kier alpha value is -0.680. The van der Waals surface area contributed by atoms with Crippen molar-refractivity contribution in [2.75, 3.05) is 0 Å². The average molecular weight is 250 g/mol. The second-order valence-electron chi connectivity index (χ2n) is 2.11. The highest BCUT2D eigenvalue weighted by molar-refractivity contribution is 9.10. The molecule has 6 heteroatoms. The van der Waals surface area contributed by atoms with Gasteiger partial charge in [0.15, 0.2) is 15.4 Å². The lowest BCUT2D eigenvalue weighted by Gasteiger charge is -1.92. The van der Waals surface area contributed by atoms with Gasteiger partial charge in [0.05, 0.1) is 0 Å². The molecule has 0 aliphatic carbocycles. The Balaban J connectivity index is 2.95. The van der Waals surface area contributed by atoms with Crippen LogP contribution in [-0.4, -0.2) is 14.4 Å². The maximum Gasteiger partial charge on any atom is 0.232 e. The van der Waals surface area contributed by atoms with Gasteiger partial charge < -0.3 is 0 Å². The number of halogens is 3. The van der Waals surface area contributed by atoms with E-state index in [1.807, 2.05) is 0 Å². The van der Waals surface area contributed by atoms with E-state index in [-0.39, 0.29) is 9.76 Å². The third kappa shape index (κ3) is 1.01. The molecule has 0 amide bonds. The van der Waals surface area contributed by atoms with Gasteiger partial charge in [-0.1, -0.05) is 11.6 Å². The average Bonchev–Trinajstić information content (AvgIpc) is 2.32. The van der Waals surface area contributed by atoms with Gasteiger partial charge in [0.25, 0.3) is 0 Å². The van der Waals surface area contributed by atoms with E-state index in [4.69, 9.17) is 11.6 Å². The number of aromatic nitrogens is 3. The number of imidazole rings is 1. The zero-order valence-corrected chi connectivity index (χ0v) is 7.97. The van der Waals surface area contributed by atoms with Crippen molar-refractivity contribution >= 4 is 33.2 Å². The lowest BCUT2D eigenvalue weighted by Crippen LogP contribution is -1.89. The molecule has 0 N–H and O–H groups in total. The van der Waals surface area contributed by atoms with E-state index in [0.717, 1.165) is 0 Å². The van der Waals surface area contributed by atoms with Crippen molar-refractivity contribution in [2.24, 2.45) is 0 Å². The van der Waals surface area contributed by atoms with Gasteiger partial charge in [0.1, 0.15) is 0 Å². The summed E-state index contributed by atoms with van der Waals surface area (Å²) in [5.74, 6) is -0.478. The molecule has 0 radical (unpaired) electrons. The first-order valence-corrected chi connectivity index (χ1v) is 4.21. The first kappa shape index (κ1) is 7.94. The van der Waals surface area contributed by atoms with Gasteiger partial charge in [-0.15, -0.1) is 0 Å². The van der Waals surface area contributed by atoms with Crippen LogP contribution in [0, 0.1) is 5.95 Å². The molecular weight excluding hydrogens is 248 g/mol. The third-order valence-electron chi connectivity index (χ3n) is 1.40. The van der Waals surface area contributed by atoms with Crippen LogP contribution in [-0.2, 0) is 0 Å². The SMILES string of the molecule is Fc1c(Br)nc2c(Cl)nccn12. The number of hydrogen-bond acceptors (Lipinski definition) is 2. The predicted octanol–water partition coefficient (Wildman–Crippen LogP) is 2.28. The Morgan fingerprint density at radius 1 is 1.58 bits per heavy atom. The Morgan fingerprint density at radius 2 is 2.33 bits per heavy atom. The highest BCUT2D eigenvalue weighted by Gasteiger charge is 2.11. The van der Waals surface area contributed by atoms with Crippen LogP contribution in [0.25, 0.3) is 5.65 Å². The van der Waals surface area contributed by atoms with Crippen LogP contribution in [0.4, 0.5) is 4.39 Å². The summed E-state index contributed by atoms with van der Waals surface area (Å²) in [6.45, 7) is 0. The molecule has 2 aromatic rings. The molecule has 62 valence electrons. The summed E-state index contributed by atoms with van der Waals surface area (Å²) in [6, 6.07) is 0. The van der Waals surface area contributed by atoms with E-state index in [1.165, 1.54) is 16.8 Å². The molecule has 3 nitrogen and oxygen atoms in total. The van der Waals surface area contributed by atoms with E-state index in [1.54, 1.807) is 0 Å². The van der Waals surface area contributed by atoms with Crippen LogP contribution < -0.4 is 0 Å². The zero-order chi connectivity index (χ0) is 8.72. The van der Waals surface area contributed by atoms with E-state index >= 15 is 0 Å². The van der Waals surface area contributed by atoms with Crippen molar-refractivity contribution < 1.29 is 4.39 Å². The summed E-state index contributed by atoms with van der Waals surface area (Å²) in [6.07, 6.45) is 2.86. The molecule has 12 heavy (non-hydrogen) atoms. The van der Waals surface area contributed by atoms with Gasteiger partial charge in [-0.05, 0) is 15.9 Å². The lowest BCUT2D eigenvalue weighted by molar-refractivity contribution is 0.565. The summed E-state index contributed by atoms with van der Waals surface area (Å²) >= 11 is 8.61. The fraction of sp³-hybridized carbons (Fsp3) is 0. The van der Waals surface area contributed by atoms with Crippen LogP contribution in [0.5, 0.6) is 0 Å². The van der Waals surface area contributed by atoms with Gasteiger partial charge in [-0.25, -0.2) is 9.97 Å². The number of rotatable bonds is 0. The molecule has 0 unspecified atom stereocenters. The molecule has 2 heterocycles. The maximum absolute atomic E-state index is 13.1. The molecule has 0 aromatic carbocycles. The summed E-state index contributed by atoms with van der Waals surface area (Å²) in [5, 5.41) is 0.183. The molecule has 0 saturated heterocycles. The van der Waals surface area contributed by atoms with Crippen molar-refractivity contribution in [3.63, 3.8) is 0 Å². The Kier molecular flexibility index (Phi) is 1.77. The van der Waals surface area contributed by atoms with E-state index in [0.29, 0.717) is 5.65 Å². The van der Waals surface area contributed by atoms with Crippen molar-refractivity contribution in [1.82, 2.24) is 14.4 Å². The fourth-order valence-corrected chi connectivity index (χ4v) is 1.44. The second kappa shape index (κ2) is 2.67. The first-order valence-electron chi connectivity index (χ1n) is 3.03. The standard InChI is InChI=1S/C6H2BrClFN3/c7-3-5(9)12-2-1-10-4(8)6(12)11-3/h1-2H. The van der Waals surface area contributed by atoms with Crippen LogP contribution in [0.3, 0.4) is 0 Å². The van der Waals surface area contributed by atoms with Gasteiger partial charge in [0, 0.05) is 12.4 Å². The highest BCUT2D eigenvalue weighted by atomic mass is 79.9. The highest BCUT2D eigenvalue weighted by Crippen LogP contribution is 2.19. The largest absolute Gasteiger partial charge is 0.271 e. The molecule has 0 aliphatic rings. The molecule has 0 bridgehead atoms. The van der Waals surface area contributed by atoms with Crippen LogP contribution in [0.2, 0.25) is 5.15 Å². The normalized spacial score (nSPS) is 10.9. The quantitative estimate of drug-likeness (QED) is 0.718. The van der Waals surface area contributed by atoms with Gasteiger partial charge in [-0.2, -0.15) is 4.39 Å². The van der Waals surface area contributed by atoms with E-state index in [9.17, 15) is 4.39 Å². The van der Waals surface area contributed by atoms with Gasteiger partial charge >= 0.3 is 0 Å². The topological polar surface area (TPSA) is 30.2 Å². The number of fused-ring (bicyclic) bond motifs is 1. The molecule has 2 aromatic heterocycles. The molecule has 0 atom stereocenters. The Morgan fingerprint density at radius 3 is 3.00 bits per heavy atom. The van der Waals surface area contributed by atoms with Crippen LogP contribution in [0.1, 0.15) is 0 Å². The summed E-state index contributed by atoms with van der Waals surface area (Å²) < 4.78 is 14.5. The van der Waals surface area contributed by atoms with E-state index < -0.39 is 5.95 Å². The smallest absolute Gasteiger partial charge is 0.232 e. The maximum atomic E-state index is 13.1. The minimum Gasteiger partial charge on any atom is -0.271 e. The minimum atomic E-state index is -0.478. The fourth-order valence-electron chi connectivity index (χ4n) is 0.890. The molecular formula is C6H2BrClFN3. The van der Waals surface area contributed by atoms with Gasteiger partial charge in [-0.3, -0.25) is 4.40 Å². The summed E-state index contributed by atoms with van der Waals surface area (Å²) in [5.41, 5.74) is 0.309. The van der Waals surface area contributed by atoms with Crippen molar-refractivity contribution in [3.05, 3.63) is 28.1 Å². The summed E-state index contributed by atoms with van der Waals surface area (Å²) in [7, 11) is 0. The molecule has 2 rings (SSSR count). The molecule has 0 aliphatic heterocycles. The zero-order valence-electron chi connectivity index (χ0n) is 5.63. The Bertz CT molecular complexity index is 442. The van der Waals surface area contributed by atoms with Crippen LogP contribution in [0.15, 0.2) is 17.0 Å². The van der Waals surface area contributed by atoms with Gasteiger partial charge in [0.2, 0.25) is 5.95 Å². The molecule has 0 spiro atoms. The monoisotopic (exact) mass is 249 g/mol. The number of nitrogens with zero attached hydrogens (tertiary/aromatic N) is 3. The summed E-state index contributed by atoms with van der Waals surface area (Å²) in [4.78, 5) is 7.58. The van der Waals surface area contributed by atoms with Crippen molar-refractivity contribution in [3.8, 4) is 0 Å². The first-order chi connectivity index (χ1) is 5.70. The lowest BCUT2D eigenvalue weighted by atomic mass is 10.7. The van der Waals surface area contributed by atoms with E-state index in [2.05, 4.69) is 25.9 Å². The van der Waals surface area contributed by atoms with Crippen LogP contribution >= 0.6 is 27.5 Å². The van der Waals surface area contributed by atoms with Crippen molar-refractivity contribution in [1.29, 1.82) is 0 Å². The predicted molar refractivity (Wildman–Crippen MR) is 45.7 cm³/mol. The van der Waals surface area contributed by atoms with Crippen molar-refractivity contribution in [2.45, 2.75) is 0 Å². The third-order valence-corrected chi connectivity index (χ3v) is 2.17. The molecule has 0 saturated carbocycles. The second-order valence-corrected chi connectivity index (χ2v) is 3.21.